The van der Waals surface area contributed by atoms with Crippen LogP contribution in [0.2, 0.25) is 0 Å². The summed E-state index contributed by atoms with van der Waals surface area (Å²) in [6.45, 7) is 3.70. The first-order valence-electron chi connectivity index (χ1n) is 8.56. The quantitative estimate of drug-likeness (QED) is 0.505. The van der Waals surface area contributed by atoms with Gasteiger partial charge in [-0.2, -0.15) is 0 Å². The molecule has 144 valence electrons. The molecular formula is C20H23NO5S. The van der Waals surface area contributed by atoms with Crippen LogP contribution in [0.15, 0.2) is 53.4 Å². The van der Waals surface area contributed by atoms with E-state index in [9.17, 15) is 14.7 Å². The van der Waals surface area contributed by atoms with E-state index in [4.69, 9.17) is 9.47 Å². The van der Waals surface area contributed by atoms with Gasteiger partial charge < -0.3 is 19.9 Å². The zero-order valence-corrected chi connectivity index (χ0v) is 16.1. The number of carbonyl (C=O) groups excluding carboxylic acids is 2. The Hall–Kier alpha value is -2.51. The van der Waals surface area contributed by atoms with Crippen molar-refractivity contribution >= 4 is 29.3 Å². The van der Waals surface area contributed by atoms with Crippen LogP contribution in [0.4, 0.5) is 5.69 Å². The van der Waals surface area contributed by atoms with Gasteiger partial charge in [-0.05, 0) is 55.5 Å². The minimum Gasteiger partial charge on any atom is -0.491 e. The summed E-state index contributed by atoms with van der Waals surface area (Å²) in [4.78, 5) is 23.6. The fourth-order valence-corrected chi connectivity index (χ4v) is 2.98. The van der Waals surface area contributed by atoms with Gasteiger partial charge >= 0.3 is 5.97 Å². The second kappa shape index (κ2) is 10.6. The number of hydrogen-bond acceptors (Lipinski definition) is 6. The number of amides is 1. The molecule has 6 nitrogen and oxygen atoms in total. The number of aliphatic hydroxyl groups is 1. The largest absolute Gasteiger partial charge is 0.491 e. The number of rotatable bonds is 9. The Bertz CT molecular complexity index is 746. The van der Waals surface area contributed by atoms with Crippen LogP contribution in [0.5, 0.6) is 5.75 Å². The highest BCUT2D eigenvalue weighted by molar-refractivity contribution is 7.99. The van der Waals surface area contributed by atoms with E-state index >= 15 is 0 Å². The second-order valence-electron chi connectivity index (χ2n) is 5.73. The molecule has 1 atom stereocenters. The highest BCUT2D eigenvalue weighted by atomic mass is 32.2. The van der Waals surface area contributed by atoms with Crippen molar-refractivity contribution < 1.29 is 24.2 Å². The molecule has 7 heteroatoms. The number of ether oxygens (including phenoxy) is 2. The van der Waals surface area contributed by atoms with E-state index in [1.165, 1.54) is 18.7 Å². The molecule has 0 saturated carbocycles. The maximum absolute atomic E-state index is 11.6. The van der Waals surface area contributed by atoms with Crippen molar-refractivity contribution in [3.05, 3.63) is 54.1 Å². The number of nitrogens with one attached hydrogen (secondary N) is 1. The molecule has 0 fully saturated rings. The molecule has 0 aliphatic heterocycles. The third-order valence-electron chi connectivity index (χ3n) is 3.42. The zero-order valence-electron chi connectivity index (χ0n) is 15.3. The number of carbonyl (C=O) groups is 2. The SMILES string of the molecule is CCOC(=O)c1ccc(OC[C@@H](O)CSc2ccc(NC(C)=O)cc2)cc1. The first kappa shape index (κ1) is 20.8. The van der Waals surface area contributed by atoms with Crippen molar-refractivity contribution in [2.45, 2.75) is 24.8 Å². The van der Waals surface area contributed by atoms with Gasteiger partial charge in [0.05, 0.1) is 18.3 Å². The van der Waals surface area contributed by atoms with Gasteiger partial charge in [-0.25, -0.2) is 4.79 Å². The molecule has 0 heterocycles. The predicted molar refractivity (Wildman–Crippen MR) is 105 cm³/mol. The Morgan fingerprint density at radius 2 is 1.78 bits per heavy atom. The summed E-state index contributed by atoms with van der Waals surface area (Å²) in [7, 11) is 0. The van der Waals surface area contributed by atoms with Gasteiger partial charge in [0.1, 0.15) is 12.4 Å². The summed E-state index contributed by atoms with van der Waals surface area (Å²) in [5.41, 5.74) is 1.20. The van der Waals surface area contributed by atoms with Gasteiger partial charge in [0.25, 0.3) is 0 Å². The Kier molecular flexibility index (Phi) is 8.16. The molecule has 1 amide bonds. The van der Waals surface area contributed by atoms with Crippen molar-refractivity contribution in [3.63, 3.8) is 0 Å². The smallest absolute Gasteiger partial charge is 0.338 e. The second-order valence-corrected chi connectivity index (χ2v) is 6.82. The first-order chi connectivity index (χ1) is 13.0. The lowest BCUT2D eigenvalue weighted by Gasteiger charge is -2.12. The van der Waals surface area contributed by atoms with E-state index in [1.807, 2.05) is 24.3 Å². The van der Waals surface area contributed by atoms with Crippen LogP contribution in [0.3, 0.4) is 0 Å². The molecule has 0 spiro atoms. The minimum absolute atomic E-state index is 0.113. The van der Waals surface area contributed by atoms with Crippen LogP contribution >= 0.6 is 11.8 Å². The average Bonchev–Trinajstić information content (AvgIpc) is 2.66. The fourth-order valence-electron chi connectivity index (χ4n) is 2.17. The van der Waals surface area contributed by atoms with E-state index in [0.717, 1.165) is 10.6 Å². The molecular weight excluding hydrogens is 366 g/mol. The zero-order chi connectivity index (χ0) is 19.6. The van der Waals surface area contributed by atoms with Crippen molar-refractivity contribution in [1.29, 1.82) is 0 Å². The lowest BCUT2D eigenvalue weighted by molar-refractivity contribution is -0.114. The maximum atomic E-state index is 11.6. The summed E-state index contributed by atoms with van der Waals surface area (Å²) in [5, 5.41) is 12.8. The predicted octanol–water partition coefficient (Wildman–Crippen LogP) is 3.35. The Morgan fingerprint density at radius 1 is 1.11 bits per heavy atom. The van der Waals surface area contributed by atoms with Crippen molar-refractivity contribution in [3.8, 4) is 5.75 Å². The summed E-state index contributed by atoms with van der Waals surface area (Å²) < 4.78 is 10.5. The standard InChI is InChI=1S/C20H23NO5S/c1-3-25-20(24)15-4-8-18(9-5-15)26-12-17(23)13-27-19-10-6-16(7-11-19)21-14(2)22/h4-11,17,23H,3,12-13H2,1-2H3,(H,21,22)/t17-/m1/s1. The Labute approximate surface area is 162 Å². The Balaban J connectivity index is 1.75. The van der Waals surface area contributed by atoms with Crippen molar-refractivity contribution in [2.75, 3.05) is 24.3 Å². The molecule has 0 aliphatic rings. The molecule has 0 saturated heterocycles. The number of hydrogen-bond donors (Lipinski definition) is 2. The third kappa shape index (κ3) is 7.32. The molecule has 2 aromatic rings. The average molecular weight is 389 g/mol. The maximum Gasteiger partial charge on any atom is 0.338 e. The molecule has 0 unspecified atom stereocenters. The third-order valence-corrected chi connectivity index (χ3v) is 4.58. The molecule has 2 rings (SSSR count). The summed E-state index contributed by atoms with van der Waals surface area (Å²) in [5.74, 6) is 0.565. The van der Waals surface area contributed by atoms with Crippen molar-refractivity contribution in [2.24, 2.45) is 0 Å². The lowest BCUT2D eigenvalue weighted by Crippen LogP contribution is -2.20. The van der Waals surface area contributed by atoms with Gasteiger partial charge in [-0.3, -0.25) is 4.79 Å². The number of anilines is 1. The highest BCUT2D eigenvalue weighted by Gasteiger charge is 2.09. The van der Waals surface area contributed by atoms with Gasteiger partial charge in [-0.15, -0.1) is 11.8 Å². The number of aliphatic hydroxyl groups excluding tert-OH is 1. The van der Waals surface area contributed by atoms with Gasteiger partial charge in [-0.1, -0.05) is 0 Å². The van der Waals surface area contributed by atoms with E-state index in [0.29, 0.717) is 23.7 Å². The van der Waals surface area contributed by atoms with E-state index in [1.54, 1.807) is 31.2 Å². The number of esters is 1. The topological polar surface area (TPSA) is 84.9 Å². The van der Waals surface area contributed by atoms with Crippen molar-refractivity contribution in [1.82, 2.24) is 0 Å². The normalized spacial score (nSPS) is 11.5. The van der Waals surface area contributed by atoms with Gasteiger partial charge in [0.2, 0.25) is 5.91 Å². The molecule has 0 aliphatic carbocycles. The summed E-state index contributed by atoms with van der Waals surface area (Å²) in [6, 6.07) is 14.0. The summed E-state index contributed by atoms with van der Waals surface area (Å²) >= 11 is 1.50. The van der Waals surface area contributed by atoms with Gasteiger partial charge in [0.15, 0.2) is 0 Å². The lowest BCUT2D eigenvalue weighted by atomic mass is 10.2. The number of benzene rings is 2. The van der Waals surface area contributed by atoms with Crippen LogP contribution in [-0.2, 0) is 9.53 Å². The molecule has 2 N–H and O–H groups in total. The summed E-state index contributed by atoms with van der Waals surface area (Å²) in [6.07, 6.45) is -0.644. The highest BCUT2D eigenvalue weighted by Crippen LogP contribution is 2.21. The molecule has 0 radical (unpaired) electrons. The van der Waals surface area contributed by atoms with E-state index < -0.39 is 6.10 Å². The van der Waals surface area contributed by atoms with Crippen LogP contribution in [0.25, 0.3) is 0 Å². The van der Waals surface area contributed by atoms with E-state index in [2.05, 4.69) is 5.32 Å². The first-order valence-corrected chi connectivity index (χ1v) is 9.55. The van der Waals surface area contributed by atoms with E-state index in [-0.39, 0.29) is 18.5 Å². The van der Waals surface area contributed by atoms with Gasteiger partial charge in [0, 0.05) is 23.3 Å². The molecule has 27 heavy (non-hydrogen) atoms. The Morgan fingerprint density at radius 3 is 2.37 bits per heavy atom. The monoisotopic (exact) mass is 389 g/mol. The number of thioether (sulfide) groups is 1. The van der Waals surface area contributed by atoms with Crippen LogP contribution in [-0.4, -0.2) is 42.1 Å². The molecule has 2 aromatic carbocycles. The van der Waals surface area contributed by atoms with Crippen LogP contribution < -0.4 is 10.1 Å². The minimum atomic E-state index is -0.644. The molecule has 0 bridgehead atoms. The van der Waals surface area contributed by atoms with Crippen LogP contribution in [0.1, 0.15) is 24.2 Å². The molecule has 0 aromatic heterocycles. The fraction of sp³-hybridized carbons (Fsp3) is 0.300. The van der Waals surface area contributed by atoms with Crippen LogP contribution in [0, 0.1) is 0 Å².